The predicted molar refractivity (Wildman–Crippen MR) is 91.1 cm³/mol. The lowest BCUT2D eigenvalue weighted by atomic mass is 10.0. The molecule has 1 unspecified atom stereocenters. The summed E-state index contributed by atoms with van der Waals surface area (Å²) in [4.78, 5) is 11.8. The Bertz CT molecular complexity index is 851. The molecule has 108 valence electrons. The Kier molecular flexibility index (Phi) is 4.04. The van der Waals surface area contributed by atoms with Gasteiger partial charge in [-0.2, -0.15) is 0 Å². The maximum atomic E-state index is 11.8. The summed E-state index contributed by atoms with van der Waals surface area (Å²) in [6.45, 7) is 2.53. The maximum Gasteiger partial charge on any atom is 0.419 e. The number of benzene rings is 2. The van der Waals surface area contributed by atoms with Gasteiger partial charge in [0.1, 0.15) is 0 Å². The smallest absolute Gasteiger partial charge is 0.408 e. The molecule has 0 saturated carbocycles. The van der Waals surface area contributed by atoms with Crippen molar-refractivity contribution in [2.45, 2.75) is 18.3 Å². The number of nitrogens with zero attached hydrogens (tertiary/aromatic N) is 1. The van der Waals surface area contributed by atoms with Gasteiger partial charge < -0.3 is 4.42 Å². The summed E-state index contributed by atoms with van der Waals surface area (Å²) in [5, 5.41) is 0. The molecule has 0 aliphatic carbocycles. The summed E-state index contributed by atoms with van der Waals surface area (Å²) in [7, 11) is 0. The second-order valence-electron chi connectivity index (χ2n) is 4.72. The first kappa shape index (κ1) is 14.6. The molecule has 0 radical (unpaired) electrons. The van der Waals surface area contributed by atoms with E-state index in [-0.39, 0.29) is 10.6 Å². The van der Waals surface area contributed by atoms with Crippen LogP contribution in [0.25, 0.3) is 11.1 Å². The topological polar surface area (TPSA) is 35.1 Å². The first-order valence-corrected chi connectivity index (χ1v) is 8.34. The average Bonchev–Trinajstić information content (AvgIpc) is 2.81. The SMILES string of the molecule is CCn1c(=O)oc2cc(C(Br)c3ccccc3Br)ccc21. The molecular formula is C16H13Br2NO2. The third-order valence-corrected chi connectivity index (χ3v) is 5.22. The van der Waals surface area contributed by atoms with Crippen molar-refractivity contribution in [2.75, 3.05) is 0 Å². The minimum absolute atomic E-state index is 0.0350. The molecular weight excluding hydrogens is 398 g/mol. The van der Waals surface area contributed by atoms with Crippen LogP contribution in [0.1, 0.15) is 22.9 Å². The zero-order chi connectivity index (χ0) is 15.0. The van der Waals surface area contributed by atoms with E-state index in [9.17, 15) is 4.79 Å². The van der Waals surface area contributed by atoms with Gasteiger partial charge >= 0.3 is 5.76 Å². The Labute approximate surface area is 138 Å². The minimum Gasteiger partial charge on any atom is -0.408 e. The number of hydrogen-bond acceptors (Lipinski definition) is 2. The zero-order valence-electron chi connectivity index (χ0n) is 11.3. The highest BCUT2D eigenvalue weighted by Crippen LogP contribution is 2.36. The molecule has 0 fully saturated rings. The lowest BCUT2D eigenvalue weighted by Gasteiger charge is -2.12. The number of hydrogen-bond donors (Lipinski definition) is 0. The molecule has 0 N–H and O–H groups in total. The average molecular weight is 411 g/mol. The molecule has 0 bridgehead atoms. The Balaban J connectivity index is 2.09. The van der Waals surface area contributed by atoms with Crippen LogP contribution in [0.5, 0.6) is 0 Å². The van der Waals surface area contributed by atoms with Gasteiger partial charge in [0.05, 0.1) is 10.3 Å². The van der Waals surface area contributed by atoms with Crippen LogP contribution in [0.4, 0.5) is 0 Å². The van der Waals surface area contributed by atoms with Crippen LogP contribution in [0, 0.1) is 0 Å². The van der Waals surface area contributed by atoms with Gasteiger partial charge in [-0.1, -0.05) is 56.1 Å². The molecule has 1 heterocycles. The summed E-state index contributed by atoms with van der Waals surface area (Å²) in [5.74, 6) is -0.309. The van der Waals surface area contributed by atoms with Crippen LogP contribution in [0.3, 0.4) is 0 Å². The molecule has 1 atom stereocenters. The number of halogens is 2. The van der Waals surface area contributed by atoms with Crippen LogP contribution in [0.2, 0.25) is 0 Å². The second kappa shape index (κ2) is 5.81. The van der Waals surface area contributed by atoms with Crippen LogP contribution < -0.4 is 5.76 Å². The van der Waals surface area contributed by atoms with E-state index in [0.29, 0.717) is 12.1 Å². The number of aromatic nitrogens is 1. The number of alkyl halides is 1. The number of fused-ring (bicyclic) bond motifs is 1. The van der Waals surface area contributed by atoms with Crippen molar-refractivity contribution in [3.8, 4) is 0 Å². The largest absolute Gasteiger partial charge is 0.419 e. The molecule has 3 rings (SSSR count). The summed E-state index contributed by atoms with van der Waals surface area (Å²) < 4.78 is 7.99. The third-order valence-electron chi connectivity index (χ3n) is 3.48. The fraction of sp³-hybridized carbons (Fsp3) is 0.188. The molecule has 0 aliphatic heterocycles. The van der Waals surface area contributed by atoms with Gasteiger partial charge in [-0.15, -0.1) is 0 Å². The highest BCUT2D eigenvalue weighted by atomic mass is 79.9. The Morgan fingerprint density at radius 3 is 2.71 bits per heavy atom. The molecule has 2 aromatic carbocycles. The first-order chi connectivity index (χ1) is 10.1. The van der Waals surface area contributed by atoms with Crippen molar-refractivity contribution >= 4 is 43.0 Å². The summed E-state index contributed by atoms with van der Waals surface area (Å²) >= 11 is 7.28. The van der Waals surface area contributed by atoms with Gasteiger partial charge in [0.25, 0.3) is 0 Å². The van der Waals surface area contributed by atoms with Gasteiger partial charge in [-0.05, 0) is 36.2 Å². The van der Waals surface area contributed by atoms with E-state index in [1.807, 2.05) is 43.3 Å². The van der Waals surface area contributed by atoms with Crippen LogP contribution in [-0.4, -0.2) is 4.57 Å². The van der Waals surface area contributed by atoms with Gasteiger partial charge in [-0.3, -0.25) is 4.57 Å². The van der Waals surface area contributed by atoms with Crippen molar-refractivity contribution in [2.24, 2.45) is 0 Å². The molecule has 0 spiro atoms. The normalized spacial score (nSPS) is 12.7. The number of oxazole rings is 1. The van der Waals surface area contributed by atoms with Gasteiger partial charge in [0, 0.05) is 11.0 Å². The van der Waals surface area contributed by atoms with Crippen molar-refractivity contribution in [1.82, 2.24) is 4.57 Å². The molecule has 0 saturated heterocycles. The van der Waals surface area contributed by atoms with E-state index in [1.54, 1.807) is 4.57 Å². The fourth-order valence-electron chi connectivity index (χ4n) is 2.40. The number of aryl methyl sites for hydroxylation is 1. The van der Waals surface area contributed by atoms with Gasteiger partial charge in [-0.25, -0.2) is 4.79 Å². The standard InChI is InChI=1S/C16H13Br2NO2/c1-2-19-13-8-7-10(9-14(13)21-16(19)20)15(18)11-5-3-4-6-12(11)17/h3-9,15H,2H2,1H3. The minimum atomic E-state index is -0.309. The Morgan fingerprint density at radius 1 is 1.24 bits per heavy atom. The third kappa shape index (κ3) is 2.60. The quantitative estimate of drug-likeness (QED) is 0.578. The summed E-state index contributed by atoms with van der Waals surface area (Å²) in [6.07, 6.45) is 0. The van der Waals surface area contributed by atoms with E-state index in [1.165, 1.54) is 0 Å². The Morgan fingerprint density at radius 2 is 2.00 bits per heavy atom. The fourth-order valence-corrected chi connectivity index (χ4v) is 3.91. The van der Waals surface area contributed by atoms with E-state index in [0.717, 1.165) is 21.1 Å². The molecule has 3 nitrogen and oxygen atoms in total. The summed E-state index contributed by atoms with van der Waals surface area (Å²) in [5.41, 5.74) is 3.63. The van der Waals surface area contributed by atoms with Crippen molar-refractivity contribution in [1.29, 1.82) is 0 Å². The number of rotatable bonds is 3. The van der Waals surface area contributed by atoms with Crippen molar-refractivity contribution in [3.63, 3.8) is 0 Å². The van der Waals surface area contributed by atoms with E-state index in [4.69, 9.17) is 4.42 Å². The molecule has 0 amide bonds. The second-order valence-corrected chi connectivity index (χ2v) is 6.49. The summed E-state index contributed by atoms with van der Waals surface area (Å²) in [6, 6.07) is 13.9. The predicted octanol–water partition coefficient (Wildman–Crippen LogP) is 4.86. The van der Waals surface area contributed by atoms with Gasteiger partial charge in [0.15, 0.2) is 5.58 Å². The van der Waals surface area contributed by atoms with Crippen molar-refractivity contribution in [3.05, 3.63) is 68.6 Å². The lowest BCUT2D eigenvalue weighted by Crippen LogP contribution is -2.11. The van der Waals surface area contributed by atoms with Crippen LogP contribution in [0.15, 0.2) is 56.1 Å². The Hall–Kier alpha value is -1.33. The van der Waals surface area contributed by atoms with E-state index in [2.05, 4.69) is 37.9 Å². The maximum absolute atomic E-state index is 11.8. The van der Waals surface area contributed by atoms with Gasteiger partial charge in [0.2, 0.25) is 0 Å². The monoisotopic (exact) mass is 409 g/mol. The molecule has 3 aromatic rings. The van der Waals surface area contributed by atoms with Crippen LogP contribution in [-0.2, 0) is 6.54 Å². The molecule has 21 heavy (non-hydrogen) atoms. The lowest BCUT2D eigenvalue weighted by molar-refractivity contribution is 0.513. The zero-order valence-corrected chi connectivity index (χ0v) is 14.5. The van der Waals surface area contributed by atoms with E-state index >= 15 is 0 Å². The first-order valence-electron chi connectivity index (χ1n) is 6.63. The molecule has 1 aromatic heterocycles. The molecule has 5 heteroatoms. The van der Waals surface area contributed by atoms with Crippen LogP contribution >= 0.6 is 31.9 Å². The molecule has 0 aliphatic rings. The van der Waals surface area contributed by atoms with E-state index < -0.39 is 0 Å². The van der Waals surface area contributed by atoms with Crippen molar-refractivity contribution < 1.29 is 4.42 Å². The highest BCUT2D eigenvalue weighted by Gasteiger charge is 2.16. The highest BCUT2D eigenvalue weighted by molar-refractivity contribution is 9.11.